The molecular weight excluding hydrogens is 206 g/mol. The lowest BCUT2D eigenvalue weighted by Gasteiger charge is -2.17. The quantitative estimate of drug-likeness (QED) is 0.796. The molecule has 1 aliphatic heterocycles. The number of rotatable bonds is 3. The first-order valence-corrected chi connectivity index (χ1v) is 6.54. The summed E-state index contributed by atoms with van der Waals surface area (Å²) in [7, 11) is 0. The first kappa shape index (κ1) is 10.8. The van der Waals surface area contributed by atoms with Crippen LogP contribution in [0.15, 0.2) is 29.2 Å². The molecule has 1 fully saturated rings. The highest BCUT2D eigenvalue weighted by Crippen LogP contribution is 2.21. The summed E-state index contributed by atoms with van der Waals surface area (Å²) in [6, 6.07) is 9.03. The molecule has 0 spiro atoms. The van der Waals surface area contributed by atoms with Gasteiger partial charge in [0.15, 0.2) is 0 Å². The van der Waals surface area contributed by atoms with Gasteiger partial charge in [0.05, 0.1) is 12.1 Å². The van der Waals surface area contributed by atoms with Crippen molar-refractivity contribution in [1.29, 1.82) is 0 Å². The summed E-state index contributed by atoms with van der Waals surface area (Å²) in [4.78, 5) is 1.30. The topological polar surface area (TPSA) is 21.3 Å². The molecule has 3 heteroatoms. The minimum absolute atomic E-state index is 0.324. The van der Waals surface area contributed by atoms with E-state index in [-0.39, 0.29) is 0 Å². The van der Waals surface area contributed by atoms with Crippen LogP contribution in [0.1, 0.15) is 13.3 Å². The molecule has 15 heavy (non-hydrogen) atoms. The largest absolute Gasteiger partial charge is 0.380 e. The highest BCUT2D eigenvalue weighted by Gasteiger charge is 2.23. The Labute approximate surface area is 95.4 Å². The minimum Gasteiger partial charge on any atom is -0.380 e. The molecule has 0 aliphatic carbocycles. The molecule has 0 unspecified atom stereocenters. The van der Waals surface area contributed by atoms with E-state index in [0.717, 1.165) is 13.0 Å². The number of anilines is 1. The number of thioether (sulfide) groups is 1. The zero-order valence-corrected chi connectivity index (χ0v) is 10.0. The third-order valence-corrected chi connectivity index (χ3v) is 3.56. The smallest absolute Gasteiger partial charge is 0.0748 e. The van der Waals surface area contributed by atoms with Crippen molar-refractivity contribution in [3.63, 3.8) is 0 Å². The maximum atomic E-state index is 5.52. The van der Waals surface area contributed by atoms with Crippen molar-refractivity contribution < 1.29 is 4.74 Å². The summed E-state index contributed by atoms with van der Waals surface area (Å²) in [6.07, 6.45) is 3.52. The van der Waals surface area contributed by atoms with E-state index in [9.17, 15) is 0 Å². The predicted octanol–water partition coefficient (Wildman–Crippen LogP) is 3.00. The van der Waals surface area contributed by atoms with Crippen molar-refractivity contribution in [1.82, 2.24) is 0 Å². The van der Waals surface area contributed by atoms with Crippen LogP contribution in [0.2, 0.25) is 0 Å². The fourth-order valence-corrected chi connectivity index (χ4v) is 2.23. The predicted molar refractivity (Wildman–Crippen MR) is 65.7 cm³/mol. The molecule has 1 aromatic rings. The van der Waals surface area contributed by atoms with Crippen molar-refractivity contribution in [2.75, 3.05) is 18.2 Å². The first-order valence-electron chi connectivity index (χ1n) is 5.32. The molecule has 1 aliphatic rings. The molecule has 0 amide bonds. The van der Waals surface area contributed by atoms with Gasteiger partial charge in [-0.3, -0.25) is 0 Å². The molecule has 1 aromatic carbocycles. The Kier molecular flexibility index (Phi) is 3.54. The van der Waals surface area contributed by atoms with Crippen LogP contribution in [-0.2, 0) is 4.74 Å². The van der Waals surface area contributed by atoms with E-state index in [4.69, 9.17) is 4.74 Å². The lowest BCUT2D eigenvalue weighted by molar-refractivity contribution is 0.121. The average Bonchev–Trinajstić information content (AvgIpc) is 2.66. The Balaban J connectivity index is 1.98. The molecule has 0 aromatic heterocycles. The van der Waals surface area contributed by atoms with Crippen LogP contribution in [0.4, 0.5) is 5.69 Å². The molecule has 0 bridgehead atoms. The van der Waals surface area contributed by atoms with Gasteiger partial charge in [0.25, 0.3) is 0 Å². The molecule has 2 nitrogen and oxygen atoms in total. The normalized spacial score (nSPS) is 25.5. The second-order valence-corrected chi connectivity index (χ2v) is 4.72. The maximum absolute atomic E-state index is 5.52. The van der Waals surface area contributed by atoms with E-state index in [1.807, 2.05) is 0 Å². The third-order valence-electron chi connectivity index (χ3n) is 2.82. The van der Waals surface area contributed by atoms with E-state index >= 15 is 0 Å². The van der Waals surface area contributed by atoms with Gasteiger partial charge in [-0.1, -0.05) is 0 Å². The van der Waals surface area contributed by atoms with E-state index < -0.39 is 0 Å². The molecule has 2 atom stereocenters. The van der Waals surface area contributed by atoms with Crippen LogP contribution >= 0.6 is 11.8 Å². The Morgan fingerprint density at radius 2 is 2.07 bits per heavy atom. The minimum atomic E-state index is 0.324. The van der Waals surface area contributed by atoms with Crippen molar-refractivity contribution in [2.45, 2.75) is 30.4 Å². The van der Waals surface area contributed by atoms with Crippen LogP contribution in [0.25, 0.3) is 0 Å². The molecule has 1 saturated heterocycles. The van der Waals surface area contributed by atoms with Gasteiger partial charge in [0.2, 0.25) is 0 Å². The molecular formula is C12H17NOS. The van der Waals surface area contributed by atoms with E-state index in [1.54, 1.807) is 11.8 Å². The first-order chi connectivity index (χ1) is 7.29. The average molecular weight is 223 g/mol. The fraction of sp³-hybridized carbons (Fsp3) is 0.500. The van der Waals surface area contributed by atoms with Crippen LogP contribution in [-0.4, -0.2) is 25.0 Å². The van der Waals surface area contributed by atoms with Crippen molar-refractivity contribution in [3.05, 3.63) is 24.3 Å². The van der Waals surface area contributed by atoms with Gasteiger partial charge in [0, 0.05) is 17.2 Å². The molecule has 1 heterocycles. The molecule has 0 radical (unpaired) electrons. The Morgan fingerprint density at radius 1 is 1.33 bits per heavy atom. The maximum Gasteiger partial charge on any atom is 0.0748 e. The van der Waals surface area contributed by atoms with Crippen molar-refractivity contribution >= 4 is 17.4 Å². The summed E-state index contributed by atoms with van der Waals surface area (Å²) in [5.74, 6) is 0. The molecule has 2 rings (SSSR count). The van der Waals surface area contributed by atoms with E-state index in [1.165, 1.54) is 10.6 Å². The zero-order chi connectivity index (χ0) is 10.7. The van der Waals surface area contributed by atoms with Gasteiger partial charge in [-0.05, 0) is 43.9 Å². The third kappa shape index (κ3) is 2.67. The number of hydrogen-bond donors (Lipinski definition) is 1. The summed E-state index contributed by atoms with van der Waals surface area (Å²) < 4.78 is 5.52. The van der Waals surface area contributed by atoms with Crippen molar-refractivity contribution in [3.8, 4) is 0 Å². The molecule has 0 saturated carbocycles. The second-order valence-electron chi connectivity index (χ2n) is 3.84. The Morgan fingerprint density at radius 3 is 2.60 bits per heavy atom. The summed E-state index contributed by atoms with van der Waals surface area (Å²) in [5.41, 5.74) is 1.19. The van der Waals surface area contributed by atoms with Gasteiger partial charge >= 0.3 is 0 Å². The second kappa shape index (κ2) is 4.90. The monoisotopic (exact) mass is 223 g/mol. The summed E-state index contributed by atoms with van der Waals surface area (Å²) in [5, 5.41) is 3.51. The van der Waals surface area contributed by atoms with Gasteiger partial charge in [-0.25, -0.2) is 0 Å². The summed E-state index contributed by atoms with van der Waals surface area (Å²) in [6.45, 7) is 3.00. The molecule has 1 N–H and O–H groups in total. The van der Waals surface area contributed by atoms with Gasteiger partial charge in [0.1, 0.15) is 0 Å². The number of ether oxygens (including phenoxy) is 1. The van der Waals surface area contributed by atoms with E-state index in [2.05, 4.69) is 42.8 Å². The van der Waals surface area contributed by atoms with Gasteiger partial charge in [-0.15, -0.1) is 11.8 Å². The van der Waals surface area contributed by atoms with E-state index in [0.29, 0.717) is 12.1 Å². The standard InChI is InChI=1S/C12H17NOS/c1-9-12(7-8-14-9)13-10-3-5-11(15-2)6-4-10/h3-6,9,12-13H,7-8H2,1-2H3/t9-,12+/m0/s1. The highest BCUT2D eigenvalue weighted by atomic mass is 32.2. The Hall–Kier alpha value is -0.670. The van der Waals surface area contributed by atoms with Crippen LogP contribution < -0.4 is 5.32 Å². The molecule has 82 valence electrons. The van der Waals surface area contributed by atoms with Gasteiger partial charge in [-0.2, -0.15) is 0 Å². The SMILES string of the molecule is CSc1ccc(N[C@@H]2CCO[C@H]2C)cc1. The van der Waals surface area contributed by atoms with Crippen molar-refractivity contribution in [2.24, 2.45) is 0 Å². The number of hydrogen-bond acceptors (Lipinski definition) is 3. The van der Waals surface area contributed by atoms with Gasteiger partial charge < -0.3 is 10.1 Å². The summed E-state index contributed by atoms with van der Waals surface area (Å²) >= 11 is 1.77. The lowest BCUT2D eigenvalue weighted by Crippen LogP contribution is -2.26. The van der Waals surface area contributed by atoms with Crippen LogP contribution in [0.3, 0.4) is 0 Å². The number of benzene rings is 1. The lowest BCUT2D eigenvalue weighted by atomic mass is 10.1. The fourth-order valence-electron chi connectivity index (χ4n) is 1.82. The Bertz CT molecular complexity index is 312. The zero-order valence-electron chi connectivity index (χ0n) is 9.19. The van der Waals surface area contributed by atoms with Crippen LogP contribution in [0.5, 0.6) is 0 Å². The van der Waals surface area contributed by atoms with Crippen LogP contribution in [0, 0.1) is 0 Å². The number of nitrogens with one attached hydrogen (secondary N) is 1. The highest BCUT2D eigenvalue weighted by molar-refractivity contribution is 7.98.